The molecule has 33 heavy (non-hydrogen) atoms. The molecule has 4 atom stereocenters. The van der Waals surface area contributed by atoms with Crippen molar-refractivity contribution >= 4 is 28.5 Å². The van der Waals surface area contributed by atoms with Gasteiger partial charge in [-0.3, -0.25) is 9.69 Å². The van der Waals surface area contributed by atoms with Crippen LogP contribution < -0.4 is 5.32 Å². The molecule has 2 fully saturated rings. The normalized spacial score (nSPS) is 27.2. The van der Waals surface area contributed by atoms with E-state index in [2.05, 4.69) is 27.3 Å². The van der Waals surface area contributed by atoms with Crippen LogP contribution in [0.4, 0.5) is 4.39 Å². The van der Waals surface area contributed by atoms with E-state index >= 15 is 0 Å². The van der Waals surface area contributed by atoms with Crippen molar-refractivity contribution in [1.82, 2.24) is 15.2 Å². The van der Waals surface area contributed by atoms with Crippen molar-refractivity contribution in [2.24, 2.45) is 0 Å². The molecule has 3 aromatic rings. The second-order valence-corrected chi connectivity index (χ2v) is 9.97. The van der Waals surface area contributed by atoms with E-state index in [1.807, 2.05) is 18.2 Å². The Morgan fingerprint density at radius 3 is 2.70 bits per heavy atom. The minimum absolute atomic E-state index is 0.000936. The van der Waals surface area contributed by atoms with Crippen molar-refractivity contribution in [3.05, 3.63) is 70.1 Å². The lowest BCUT2D eigenvalue weighted by atomic mass is 9.79. The summed E-state index contributed by atoms with van der Waals surface area (Å²) < 4.78 is 19.8. The van der Waals surface area contributed by atoms with Gasteiger partial charge < -0.3 is 15.0 Å². The number of hydrogen-bond donors (Lipinski definition) is 2. The summed E-state index contributed by atoms with van der Waals surface area (Å²) in [5, 5.41) is 5.07. The third-order valence-electron chi connectivity index (χ3n) is 7.52. The van der Waals surface area contributed by atoms with Crippen LogP contribution in [-0.2, 0) is 16.0 Å². The van der Waals surface area contributed by atoms with Gasteiger partial charge in [0, 0.05) is 41.1 Å². The number of carbonyl (C=O) groups excluding carboxylic acids is 1. The molecule has 0 radical (unpaired) electrons. The fraction of sp³-hybridized carbons (Fsp3) is 0.423. The van der Waals surface area contributed by atoms with Gasteiger partial charge in [0.25, 0.3) is 0 Å². The summed E-state index contributed by atoms with van der Waals surface area (Å²) in [5.74, 6) is -0.676. The van der Waals surface area contributed by atoms with E-state index in [1.165, 1.54) is 31.6 Å². The Kier molecular flexibility index (Phi) is 5.20. The zero-order valence-electron chi connectivity index (χ0n) is 18.5. The van der Waals surface area contributed by atoms with Gasteiger partial charge >= 0.3 is 5.97 Å². The van der Waals surface area contributed by atoms with E-state index < -0.39 is 11.9 Å². The lowest BCUT2D eigenvalue weighted by molar-refractivity contribution is -0.152. The number of rotatable bonds is 4. The third kappa shape index (κ3) is 3.65. The molecule has 172 valence electrons. The molecule has 3 aliphatic rings. The molecule has 1 aliphatic carbocycles. The Hall–Kier alpha value is -2.41. The average molecular weight is 468 g/mol. The minimum Gasteiger partial charge on any atom is -0.468 e. The number of nitrogens with one attached hydrogen (secondary N) is 2. The summed E-state index contributed by atoms with van der Waals surface area (Å²) in [7, 11) is 1.44. The fourth-order valence-electron chi connectivity index (χ4n) is 5.91. The predicted molar refractivity (Wildman–Crippen MR) is 126 cm³/mol. The van der Waals surface area contributed by atoms with E-state index in [1.54, 1.807) is 6.07 Å². The summed E-state index contributed by atoms with van der Waals surface area (Å²) >= 11 is 6.00. The van der Waals surface area contributed by atoms with E-state index in [4.69, 9.17) is 16.3 Å². The lowest BCUT2D eigenvalue weighted by Gasteiger charge is -2.50. The Morgan fingerprint density at radius 1 is 1.15 bits per heavy atom. The number of nitrogens with zero attached hydrogens (tertiary/aromatic N) is 1. The van der Waals surface area contributed by atoms with Crippen LogP contribution >= 0.6 is 11.6 Å². The molecule has 0 spiro atoms. The SMILES string of the molecule is COC(=O)[C@@H]1Cc2c([nH]c3ccccc23)[C@H]2C[C@H](NC3CC3)C[C@@H](c3ccc(Cl)c(F)c3)N21. The third-order valence-corrected chi connectivity index (χ3v) is 7.83. The molecule has 5 nitrogen and oxygen atoms in total. The second kappa shape index (κ2) is 8.12. The molecule has 2 aliphatic heterocycles. The first-order valence-electron chi connectivity index (χ1n) is 11.7. The number of aromatic nitrogens is 1. The Morgan fingerprint density at radius 2 is 1.94 bits per heavy atom. The highest BCUT2D eigenvalue weighted by Crippen LogP contribution is 2.49. The van der Waals surface area contributed by atoms with E-state index in [0.29, 0.717) is 12.5 Å². The van der Waals surface area contributed by atoms with Gasteiger partial charge in [-0.05, 0) is 55.0 Å². The number of methoxy groups -OCH3 is 1. The van der Waals surface area contributed by atoms with Crippen LogP contribution in [0.3, 0.4) is 0 Å². The molecule has 2 aromatic carbocycles. The number of esters is 1. The summed E-state index contributed by atoms with van der Waals surface area (Å²) in [6.45, 7) is 0. The van der Waals surface area contributed by atoms with Crippen molar-refractivity contribution < 1.29 is 13.9 Å². The van der Waals surface area contributed by atoms with Gasteiger partial charge in [-0.25, -0.2) is 4.39 Å². The number of ether oxygens (including phenoxy) is 1. The summed E-state index contributed by atoms with van der Waals surface area (Å²) in [6.07, 6.45) is 4.66. The maximum absolute atomic E-state index is 14.5. The highest BCUT2D eigenvalue weighted by Gasteiger charge is 2.48. The maximum atomic E-state index is 14.5. The Bertz CT molecular complexity index is 1220. The quantitative estimate of drug-likeness (QED) is 0.527. The molecule has 0 amide bonds. The van der Waals surface area contributed by atoms with Crippen molar-refractivity contribution in [3.63, 3.8) is 0 Å². The number of piperidine rings is 1. The summed E-state index contributed by atoms with van der Waals surface area (Å²) in [6, 6.07) is 13.6. The number of benzene rings is 2. The van der Waals surface area contributed by atoms with Crippen LogP contribution in [0.25, 0.3) is 10.9 Å². The minimum atomic E-state index is -0.433. The van der Waals surface area contributed by atoms with Crippen molar-refractivity contribution in [1.29, 1.82) is 0 Å². The lowest BCUT2D eigenvalue weighted by Crippen LogP contribution is -2.55. The van der Waals surface area contributed by atoms with Gasteiger partial charge in [0.1, 0.15) is 11.9 Å². The van der Waals surface area contributed by atoms with Gasteiger partial charge in [-0.1, -0.05) is 35.9 Å². The molecule has 1 saturated carbocycles. The molecule has 3 heterocycles. The molecular formula is C26H27ClFN3O2. The van der Waals surface area contributed by atoms with E-state index in [-0.39, 0.29) is 29.1 Å². The van der Waals surface area contributed by atoms with Gasteiger partial charge in [0.2, 0.25) is 0 Å². The van der Waals surface area contributed by atoms with Gasteiger partial charge in [0.05, 0.1) is 18.2 Å². The van der Waals surface area contributed by atoms with Crippen LogP contribution in [0.5, 0.6) is 0 Å². The maximum Gasteiger partial charge on any atom is 0.323 e. The molecule has 1 aromatic heterocycles. The van der Waals surface area contributed by atoms with Gasteiger partial charge in [0.15, 0.2) is 0 Å². The number of hydrogen-bond acceptors (Lipinski definition) is 4. The topological polar surface area (TPSA) is 57.4 Å². The monoisotopic (exact) mass is 467 g/mol. The van der Waals surface area contributed by atoms with Crippen molar-refractivity contribution in [2.75, 3.05) is 7.11 Å². The first-order valence-corrected chi connectivity index (χ1v) is 12.1. The van der Waals surface area contributed by atoms with Crippen LogP contribution in [0, 0.1) is 5.82 Å². The molecule has 6 rings (SSSR count). The van der Waals surface area contributed by atoms with Crippen LogP contribution in [0.1, 0.15) is 54.6 Å². The zero-order chi connectivity index (χ0) is 22.7. The predicted octanol–water partition coefficient (Wildman–Crippen LogP) is 5.06. The van der Waals surface area contributed by atoms with Crippen LogP contribution in [0.15, 0.2) is 42.5 Å². The largest absolute Gasteiger partial charge is 0.468 e. The number of aromatic amines is 1. The number of H-pyrrole nitrogens is 1. The number of fused-ring (bicyclic) bond motifs is 5. The standard InChI is InChI=1S/C26H27ClFN3O2/c1-33-26(32)24-13-18-17-4-2-3-5-21(17)30-25(18)23-12-16(29-15-7-8-15)11-22(31(23)24)14-6-9-19(27)20(28)10-14/h2-6,9-10,15-16,22-24,29-30H,7-8,11-13H2,1H3/t16-,22+,23-,24+/m1/s1. The molecule has 0 unspecified atom stereocenters. The molecule has 7 heteroatoms. The molecule has 0 bridgehead atoms. The number of halogens is 2. The van der Waals surface area contributed by atoms with Crippen LogP contribution in [0.2, 0.25) is 5.02 Å². The summed E-state index contributed by atoms with van der Waals surface area (Å²) in [4.78, 5) is 19.0. The smallest absolute Gasteiger partial charge is 0.323 e. The van der Waals surface area contributed by atoms with E-state index in [0.717, 1.165) is 35.0 Å². The fourth-order valence-corrected chi connectivity index (χ4v) is 6.03. The highest BCUT2D eigenvalue weighted by molar-refractivity contribution is 6.30. The summed E-state index contributed by atoms with van der Waals surface area (Å²) in [5.41, 5.74) is 4.28. The van der Waals surface area contributed by atoms with Crippen LogP contribution in [-0.4, -0.2) is 41.1 Å². The second-order valence-electron chi connectivity index (χ2n) is 9.57. The molecule has 1 saturated heterocycles. The molecular weight excluding hydrogens is 441 g/mol. The first kappa shape index (κ1) is 21.1. The van der Waals surface area contributed by atoms with E-state index in [9.17, 15) is 9.18 Å². The van der Waals surface area contributed by atoms with Gasteiger partial charge in [-0.15, -0.1) is 0 Å². The zero-order valence-corrected chi connectivity index (χ0v) is 19.2. The number of para-hydroxylation sites is 1. The van der Waals surface area contributed by atoms with Gasteiger partial charge in [-0.2, -0.15) is 0 Å². The molecule has 2 N–H and O–H groups in total. The first-order chi connectivity index (χ1) is 16.0. The average Bonchev–Trinajstić information content (AvgIpc) is 3.56. The Balaban J connectivity index is 1.49. The highest BCUT2D eigenvalue weighted by atomic mass is 35.5. The number of carbonyl (C=O) groups is 1. The Labute approximate surface area is 197 Å². The van der Waals surface area contributed by atoms with Crippen molar-refractivity contribution in [2.45, 2.75) is 62.3 Å². The van der Waals surface area contributed by atoms with Crippen molar-refractivity contribution in [3.8, 4) is 0 Å².